The molecule has 150 valence electrons. The highest BCUT2D eigenvalue weighted by atomic mass is 35.5. The van der Waals surface area contributed by atoms with Crippen LogP contribution in [0.2, 0.25) is 5.02 Å². The molecule has 0 radical (unpaired) electrons. The fourth-order valence-electron chi connectivity index (χ4n) is 3.20. The highest BCUT2D eigenvalue weighted by Gasteiger charge is 2.23. The molecule has 0 spiro atoms. The Balaban J connectivity index is 1.78. The monoisotopic (exact) mass is 422 g/mol. The molecule has 0 N–H and O–H groups in total. The van der Waals surface area contributed by atoms with Crippen molar-refractivity contribution in [1.29, 1.82) is 0 Å². The number of carbonyl (C=O) groups excluding carboxylic acids is 2. The second-order valence-electron chi connectivity index (χ2n) is 7.00. The van der Waals surface area contributed by atoms with Crippen molar-refractivity contribution in [3.8, 4) is 0 Å². The third-order valence-corrected chi connectivity index (χ3v) is 5.92. The van der Waals surface area contributed by atoms with E-state index in [2.05, 4.69) is 4.98 Å². The van der Waals surface area contributed by atoms with E-state index in [1.165, 1.54) is 18.7 Å². The van der Waals surface area contributed by atoms with Crippen molar-refractivity contribution in [3.63, 3.8) is 0 Å². The van der Waals surface area contributed by atoms with Gasteiger partial charge in [-0.15, -0.1) is 0 Å². The molecule has 0 saturated carbocycles. The molecule has 1 fully saturated rings. The number of aromatic nitrogens is 2. The van der Waals surface area contributed by atoms with E-state index in [4.69, 9.17) is 11.6 Å². The number of nitrogens with zero attached hydrogens (tertiary/aromatic N) is 4. The zero-order valence-electron chi connectivity index (χ0n) is 16.1. The zero-order valence-corrected chi connectivity index (χ0v) is 17.7. The predicted molar refractivity (Wildman–Crippen MR) is 111 cm³/mol. The largest absolute Gasteiger partial charge is 0.339 e. The third kappa shape index (κ3) is 4.33. The Morgan fingerprint density at radius 1 is 1.18 bits per heavy atom. The van der Waals surface area contributed by atoms with Gasteiger partial charge in [0.25, 0.3) is 5.56 Å². The van der Waals surface area contributed by atoms with E-state index in [-0.39, 0.29) is 29.2 Å². The van der Waals surface area contributed by atoms with Gasteiger partial charge in [0.1, 0.15) is 0 Å². The Kier molecular flexibility index (Phi) is 6.30. The average molecular weight is 423 g/mol. The first-order chi connectivity index (χ1) is 13.3. The van der Waals surface area contributed by atoms with Crippen LogP contribution in [0.5, 0.6) is 0 Å². The Bertz CT molecular complexity index is 968. The van der Waals surface area contributed by atoms with Crippen molar-refractivity contribution in [3.05, 3.63) is 33.6 Å². The van der Waals surface area contributed by atoms with Crippen LogP contribution in [0.3, 0.4) is 0 Å². The Hall–Kier alpha value is -2.06. The molecule has 2 heterocycles. The van der Waals surface area contributed by atoms with Crippen molar-refractivity contribution < 1.29 is 9.59 Å². The van der Waals surface area contributed by atoms with Crippen LogP contribution in [0.4, 0.5) is 0 Å². The molecule has 1 aliphatic rings. The van der Waals surface area contributed by atoms with Gasteiger partial charge in [0.05, 0.1) is 16.7 Å². The highest BCUT2D eigenvalue weighted by Crippen LogP contribution is 2.23. The molecule has 28 heavy (non-hydrogen) atoms. The first-order valence-corrected chi connectivity index (χ1v) is 10.5. The van der Waals surface area contributed by atoms with Crippen molar-refractivity contribution in [2.45, 2.75) is 32.0 Å². The number of benzene rings is 1. The van der Waals surface area contributed by atoms with Gasteiger partial charge < -0.3 is 9.80 Å². The van der Waals surface area contributed by atoms with Gasteiger partial charge in [-0.2, -0.15) is 0 Å². The summed E-state index contributed by atoms with van der Waals surface area (Å²) in [5, 5.41) is 1.52. The average Bonchev–Trinajstić information content (AvgIpc) is 2.65. The lowest BCUT2D eigenvalue weighted by molar-refractivity contribution is -0.136. The summed E-state index contributed by atoms with van der Waals surface area (Å²) in [4.78, 5) is 45.0. The number of rotatable bonds is 4. The van der Waals surface area contributed by atoms with Gasteiger partial charge in [0.2, 0.25) is 11.8 Å². The summed E-state index contributed by atoms with van der Waals surface area (Å²) >= 11 is 7.30. The minimum atomic E-state index is -0.137. The van der Waals surface area contributed by atoms with E-state index < -0.39 is 0 Å². The Morgan fingerprint density at radius 3 is 2.43 bits per heavy atom. The first kappa shape index (κ1) is 20.7. The zero-order chi connectivity index (χ0) is 20.4. The SMILES string of the molecule is CC(=O)N1CCN(C(=O)CSc2nc3cc(Cl)ccc3c(=O)n2C(C)C)CC1. The number of piperazine rings is 1. The molecule has 7 nitrogen and oxygen atoms in total. The van der Waals surface area contributed by atoms with Crippen LogP contribution in [0.25, 0.3) is 10.9 Å². The van der Waals surface area contributed by atoms with Crippen LogP contribution in [0, 0.1) is 0 Å². The third-order valence-electron chi connectivity index (χ3n) is 4.75. The van der Waals surface area contributed by atoms with Crippen LogP contribution < -0.4 is 5.56 Å². The number of thioether (sulfide) groups is 1. The summed E-state index contributed by atoms with van der Waals surface area (Å²) < 4.78 is 1.61. The van der Waals surface area contributed by atoms with E-state index in [0.717, 1.165) is 0 Å². The van der Waals surface area contributed by atoms with Crippen LogP contribution in [0.15, 0.2) is 28.2 Å². The van der Waals surface area contributed by atoms with Crippen LogP contribution in [-0.4, -0.2) is 63.1 Å². The fraction of sp³-hybridized carbons (Fsp3) is 0.474. The number of amides is 2. The molecule has 2 aromatic rings. The minimum Gasteiger partial charge on any atom is -0.339 e. The molecule has 1 saturated heterocycles. The molecule has 9 heteroatoms. The lowest BCUT2D eigenvalue weighted by atomic mass is 10.2. The molecule has 3 rings (SSSR count). The number of hydrogen-bond acceptors (Lipinski definition) is 5. The van der Waals surface area contributed by atoms with E-state index in [0.29, 0.717) is 47.3 Å². The van der Waals surface area contributed by atoms with E-state index in [1.807, 2.05) is 13.8 Å². The normalized spacial score (nSPS) is 14.8. The molecule has 1 aliphatic heterocycles. The minimum absolute atomic E-state index is 0.0241. The molecule has 1 aromatic carbocycles. The maximum Gasteiger partial charge on any atom is 0.262 e. The quantitative estimate of drug-likeness (QED) is 0.558. The standard InChI is InChI=1S/C19H23ClN4O3S/c1-12(2)24-18(27)15-5-4-14(20)10-16(15)21-19(24)28-11-17(26)23-8-6-22(7-9-23)13(3)25/h4-5,10,12H,6-9,11H2,1-3H3. The summed E-state index contributed by atoms with van der Waals surface area (Å²) in [6.07, 6.45) is 0. The molecule has 0 unspecified atom stereocenters. The van der Waals surface area contributed by atoms with Crippen LogP contribution >= 0.6 is 23.4 Å². The van der Waals surface area contributed by atoms with Gasteiger partial charge in [-0.3, -0.25) is 19.0 Å². The number of fused-ring (bicyclic) bond motifs is 1. The van der Waals surface area contributed by atoms with Gasteiger partial charge in [0, 0.05) is 44.2 Å². The topological polar surface area (TPSA) is 75.5 Å². The van der Waals surface area contributed by atoms with Gasteiger partial charge >= 0.3 is 0 Å². The van der Waals surface area contributed by atoms with Crippen LogP contribution in [-0.2, 0) is 9.59 Å². The van der Waals surface area contributed by atoms with Crippen molar-refractivity contribution in [1.82, 2.24) is 19.4 Å². The van der Waals surface area contributed by atoms with Crippen molar-refractivity contribution >= 4 is 46.1 Å². The van der Waals surface area contributed by atoms with E-state index in [1.54, 1.807) is 32.6 Å². The molecule has 2 amide bonds. The Labute approximate surface area is 172 Å². The Morgan fingerprint density at radius 2 is 1.82 bits per heavy atom. The maximum absolute atomic E-state index is 12.9. The fourth-order valence-corrected chi connectivity index (χ4v) is 4.39. The molecular weight excluding hydrogens is 400 g/mol. The van der Waals surface area contributed by atoms with E-state index in [9.17, 15) is 14.4 Å². The predicted octanol–water partition coefficient (Wildman–Crippen LogP) is 2.41. The number of halogens is 1. The van der Waals surface area contributed by atoms with Crippen LogP contribution in [0.1, 0.15) is 26.8 Å². The summed E-state index contributed by atoms with van der Waals surface area (Å²) in [6.45, 7) is 7.52. The maximum atomic E-state index is 12.9. The second-order valence-corrected chi connectivity index (χ2v) is 8.38. The summed E-state index contributed by atoms with van der Waals surface area (Å²) in [7, 11) is 0. The molecule has 0 bridgehead atoms. The van der Waals surface area contributed by atoms with Crippen molar-refractivity contribution in [2.24, 2.45) is 0 Å². The highest BCUT2D eigenvalue weighted by molar-refractivity contribution is 7.99. The van der Waals surface area contributed by atoms with Crippen molar-refractivity contribution in [2.75, 3.05) is 31.9 Å². The lowest BCUT2D eigenvalue weighted by Crippen LogP contribution is -2.50. The summed E-state index contributed by atoms with van der Waals surface area (Å²) in [6, 6.07) is 4.93. The van der Waals surface area contributed by atoms with Gasteiger partial charge in [-0.25, -0.2) is 4.98 Å². The summed E-state index contributed by atoms with van der Waals surface area (Å²) in [5.74, 6) is 0.191. The van der Waals surface area contributed by atoms with Gasteiger partial charge in [-0.1, -0.05) is 23.4 Å². The van der Waals surface area contributed by atoms with E-state index >= 15 is 0 Å². The number of carbonyl (C=O) groups is 2. The molecule has 1 aromatic heterocycles. The molecule has 0 atom stereocenters. The van der Waals surface area contributed by atoms with Gasteiger partial charge in [-0.05, 0) is 32.0 Å². The van der Waals surface area contributed by atoms with Gasteiger partial charge in [0.15, 0.2) is 5.16 Å². The first-order valence-electron chi connectivity index (χ1n) is 9.16. The summed E-state index contributed by atoms with van der Waals surface area (Å²) in [5.41, 5.74) is 0.390. The molecular formula is C19H23ClN4O3S. The number of hydrogen-bond donors (Lipinski definition) is 0. The smallest absolute Gasteiger partial charge is 0.262 e. The molecule has 0 aliphatic carbocycles. The lowest BCUT2D eigenvalue weighted by Gasteiger charge is -2.34. The second kappa shape index (κ2) is 8.53.